The molecule has 0 fully saturated rings. The number of carbonyl (C=O) groups excluding carboxylic acids is 1. The van der Waals surface area contributed by atoms with Gasteiger partial charge in [0, 0.05) is 17.2 Å². The van der Waals surface area contributed by atoms with Crippen LogP contribution < -0.4 is 29.4 Å². The van der Waals surface area contributed by atoms with Gasteiger partial charge < -0.3 is 34.2 Å². The van der Waals surface area contributed by atoms with E-state index in [0.29, 0.717) is 28.7 Å². The first-order valence-electron chi connectivity index (χ1n) is 10.4. The molecule has 168 valence electrons. The molecule has 2 aromatic carbocycles. The molecule has 3 heterocycles. The number of ether oxygens (including phenoxy) is 6. The van der Waals surface area contributed by atoms with E-state index in [1.165, 1.54) is 0 Å². The minimum absolute atomic E-state index is 0.269. The predicted molar refractivity (Wildman–Crippen MR) is 116 cm³/mol. The van der Waals surface area contributed by atoms with E-state index in [2.05, 4.69) is 0 Å². The number of carbonyl (C=O) groups is 1. The van der Waals surface area contributed by atoms with Crippen LogP contribution in [0.1, 0.15) is 42.6 Å². The minimum Gasteiger partial charge on any atom is -0.493 e. The van der Waals surface area contributed by atoms with Gasteiger partial charge in [-0.15, -0.1) is 0 Å². The van der Waals surface area contributed by atoms with Gasteiger partial charge >= 0.3 is 6.09 Å². The van der Waals surface area contributed by atoms with Gasteiger partial charge in [0.1, 0.15) is 41.7 Å². The second-order valence-corrected chi connectivity index (χ2v) is 8.53. The van der Waals surface area contributed by atoms with Crippen LogP contribution in [0, 0.1) is 0 Å². The molecule has 0 unspecified atom stereocenters. The van der Waals surface area contributed by atoms with Gasteiger partial charge in [-0.1, -0.05) is 0 Å². The zero-order chi connectivity index (χ0) is 22.6. The zero-order valence-electron chi connectivity index (χ0n) is 18.3. The van der Waals surface area contributed by atoms with Crippen molar-refractivity contribution in [3.63, 3.8) is 0 Å². The molecule has 1 amide bonds. The Labute approximate surface area is 185 Å². The maximum absolute atomic E-state index is 11.9. The van der Waals surface area contributed by atoms with Crippen LogP contribution in [0.2, 0.25) is 0 Å². The Bertz CT molecular complexity index is 1120. The van der Waals surface area contributed by atoms with Crippen molar-refractivity contribution in [3.8, 4) is 28.7 Å². The molecule has 0 saturated carbocycles. The predicted octanol–water partition coefficient (Wildman–Crippen LogP) is 3.96. The average molecular weight is 439 g/mol. The zero-order valence-corrected chi connectivity index (χ0v) is 18.3. The third-order valence-electron chi connectivity index (χ3n) is 6.03. The molecular formula is C24H25NO7. The summed E-state index contributed by atoms with van der Waals surface area (Å²) in [6.45, 7) is 4.23. The topological polar surface area (TPSA) is 98.5 Å². The van der Waals surface area contributed by atoms with E-state index in [0.717, 1.165) is 16.7 Å². The normalized spacial score (nSPS) is 23.7. The molecule has 0 saturated heterocycles. The summed E-state index contributed by atoms with van der Waals surface area (Å²) in [5, 5.41) is 0. The SMILES string of the molecule is COc1cc2c(cc1OC)[C@@H]1[C@H](OC(N)=O)c3ccc4c(c3O[C@@H]1CO2)C=CC(C)(C)O4. The summed E-state index contributed by atoms with van der Waals surface area (Å²) >= 11 is 0. The lowest BCUT2D eigenvalue weighted by Gasteiger charge is -2.43. The first kappa shape index (κ1) is 20.4. The van der Waals surface area contributed by atoms with Crippen LogP contribution in [0.5, 0.6) is 28.7 Å². The highest BCUT2D eigenvalue weighted by atomic mass is 16.6. The van der Waals surface area contributed by atoms with Crippen LogP contribution in [-0.4, -0.2) is 38.6 Å². The molecule has 5 rings (SSSR count). The molecule has 32 heavy (non-hydrogen) atoms. The van der Waals surface area contributed by atoms with Gasteiger partial charge in [-0.25, -0.2) is 4.79 Å². The Hall–Kier alpha value is -3.55. The molecule has 8 nitrogen and oxygen atoms in total. The lowest BCUT2D eigenvalue weighted by atomic mass is 9.79. The quantitative estimate of drug-likeness (QED) is 0.773. The van der Waals surface area contributed by atoms with Gasteiger partial charge in [0.05, 0.1) is 25.7 Å². The maximum atomic E-state index is 11.9. The Balaban J connectivity index is 1.66. The van der Waals surface area contributed by atoms with Gasteiger partial charge in [0.2, 0.25) is 0 Å². The summed E-state index contributed by atoms with van der Waals surface area (Å²) in [6.07, 6.45) is 2.01. The van der Waals surface area contributed by atoms with Gasteiger partial charge in [0.15, 0.2) is 11.5 Å². The molecule has 8 heteroatoms. The number of benzene rings is 2. The lowest BCUT2D eigenvalue weighted by molar-refractivity contribution is -0.00684. The summed E-state index contributed by atoms with van der Waals surface area (Å²) in [5.74, 6) is 2.68. The molecule has 2 aromatic rings. The van der Waals surface area contributed by atoms with E-state index in [4.69, 9.17) is 34.2 Å². The fourth-order valence-corrected chi connectivity index (χ4v) is 4.61. The van der Waals surface area contributed by atoms with Gasteiger partial charge in [-0.05, 0) is 44.2 Å². The van der Waals surface area contributed by atoms with Crippen LogP contribution in [-0.2, 0) is 4.74 Å². The number of fused-ring (bicyclic) bond motifs is 6. The molecule has 0 aliphatic carbocycles. The molecule has 2 N–H and O–H groups in total. The second kappa shape index (κ2) is 7.25. The average Bonchev–Trinajstić information content (AvgIpc) is 2.76. The van der Waals surface area contributed by atoms with Gasteiger partial charge in [-0.2, -0.15) is 0 Å². The number of hydrogen-bond acceptors (Lipinski definition) is 7. The highest BCUT2D eigenvalue weighted by molar-refractivity contribution is 5.71. The van der Waals surface area contributed by atoms with Crippen LogP contribution >= 0.6 is 0 Å². The van der Waals surface area contributed by atoms with E-state index in [1.54, 1.807) is 20.3 Å². The summed E-state index contributed by atoms with van der Waals surface area (Å²) < 4.78 is 35.1. The first-order valence-corrected chi connectivity index (χ1v) is 10.4. The molecule has 3 aliphatic rings. The van der Waals surface area contributed by atoms with Crippen molar-refractivity contribution in [2.75, 3.05) is 20.8 Å². The van der Waals surface area contributed by atoms with E-state index in [-0.39, 0.29) is 12.5 Å². The van der Waals surface area contributed by atoms with Crippen molar-refractivity contribution in [2.45, 2.75) is 37.6 Å². The van der Waals surface area contributed by atoms with Crippen molar-refractivity contribution >= 4 is 12.2 Å². The fraction of sp³-hybridized carbons (Fsp3) is 0.375. The van der Waals surface area contributed by atoms with Crippen LogP contribution in [0.3, 0.4) is 0 Å². The highest BCUT2D eigenvalue weighted by Crippen LogP contribution is 2.54. The fourth-order valence-electron chi connectivity index (χ4n) is 4.61. The standard InChI is InChI=1S/C24H25NO7/c1-24(2)8-7-12-15(32-24)6-5-13-21(12)30-19-11-29-16-10-18(28-4)17(27-3)9-14(16)20(19)22(13)31-23(25)26/h5-10,19-20,22H,11H2,1-4H3,(H2,25,26)/t19-,20+,22-/m1/s1. The van der Waals surface area contributed by atoms with Crippen molar-refractivity contribution in [2.24, 2.45) is 5.73 Å². The molecular weight excluding hydrogens is 414 g/mol. The maximum Gasteiger partial charge on any atom is 0.405 e. The number of primary amides is 1. The number of rotatable bonds is 3. The first-order chi connectivity index (χ1) is 15.3. The lowest BCUT2D eigenvalue weighted by Crippen LogP contribution is -2.43. The van der Waals surface area contributed by atoms with Crippen LogP contribution in [0.4, 0.5) is 4.79 Å². The number of methoxy groups -OCH3 is 2. The Morgan fingerprint density at radius 1 is 1.09 bits per heavy atom. The van der Waals surface area contributed by atoms with Crippen molar-refractivity contribution in [1.82, 2.24) is 0 Å². The molecule has 3 aliphatic heterocycles. The van der Waals surface area contributed by atoms with Gasteiger partial charge in [0.25, 0.3) is 0 Å². The number of hydrogen-bond donors (Lipinski definition) is 1. The van der Waals surface area contributed by atoms with Crippen molar-refractivity contribution in [1.29, 1.82) is 0 Å². The number of amides is 1. The van der Waals surface area contributed by atoms with Crippen molar-refractivity contribution in [3.05, 3.63) is 47.0 Å². The Morgan fingerprint density at radius 2 is 1.84 bits per heavy atom. The van der Waals surface area contributed by atoms with E-state index >= 15 is 0 Å². The number of nitrogens with two attached hydrogens (primary N) is 1. The highest BCUT2D eigenvalue weighted by Gasteiger charge is 2.47. The third kappa shape index (κ3) is 3.18. The Kier molecular flexibility index (Phi) is 4.62. The van der Waals surface area contributed by atoms with E-state index < -0.39 is 23.9 Å². The molecule has 0 aromatic heterocycles. The van der Waals surface area contributed by atoms with Gasteiger partial charge in [-0.3, -0.25) is 0 Å². The molecule has 0 spiro atoms. The van der Waals surface area contributed by atoms with E-state index in [9.17, 15) is 4.79 Å². The Morgan fingerprint density at radius 3 is 2.56 bits per heavy atom. The van der Waals surface area contributed by atoms with Crippen LogP contribution in [0.15, 0.2) is 30.3 Å². The molecule has 0 radical (unpaired) electrons. The third-order valence-corrected chi connectivity index (χ3v) is 6.03. The van der Waals surface area contributed by atoms with E-state index in [1.807, 2.05) is 44.2 Å². The summed E-state index contributed by atoms with van der Waals surface area (Å²) in [4.78, 5) is 11.9. The summed E-state index contributed by atoms with van der Waals surface area (Å²) in [6, 6.07) is 7.34. The van der Waals surface area contributed by atoms with Crippen LogP contribution in [0.25, 0.3) is 6.08 Å². The smallest absolute Gasteiger partial charge is 0.405 e. The summed E-state index contributed by atoms with van der Waals surface area (Å²) in [7, 11) is 3.13. The van der Waals surface area contributed by atoms with Crippen molar-refractivity contribution < 1.29 is 33.2 Å². The molecule has 0 bridgehead atoms. The largest absolute Gasteiger partial charge is 0.493 e. The minimum atomic E-state index is -0.860. The monoisotopic (exact) mass is 439 g/mol. The summed E-state index contributed by atoms with van der Waals surface area (Å²) in [5.41, 5.74) is 7.37. The second-order valence-electron chi connectivity index (χ2n) is 8.53. The molecule has 3 atom stereocenters.